The van der Waals surface area contributed by atoms with Crippen LogP contribution in [0, 0.1) is 6.92 Å². The second kappa shape index (κ2) is 2.69. The van der Waals surface area contributed by atoms with E-state index < -0.39 is 0 Å². The van der Waals surface area contributed by atoms with Crippen molar-refractivity contribution in [3.05, 3.63) is 29.5 Å². The van der Waals surface area contributed by atoms with Gasteiger partial charge in [0, 0.05) is 12.4 Å². The molecule has 0 fully saturated rings. The Kier molecular flexibility index (Phi) is 1.65. The first-order chi connectivity index (χ1) is 6.22. The number of carbonyl (C=O) groups is 1. The molecule has 2 rings (SSSR count). The molecule has 0 bridgehead atoms. The van der Waals surface area contributed by atoms with Gasteiger partial charge in [-0.1, -0.05) is 11.6 Å². The minimum Gasteiger partial charge on any atom is -0.296 e. The maximum atomic E-state index is 10.7. The fourth-order valence-electron chi connectivity index (χ4n) is 1.49. The van der Waals surface area contributed by atoms with Crippen LogP contribution in [0.15, 0.2) is 18.2 Å². The number of aromatic nitrogens is 2. The Morgan fingerprint density at radius 2 is 2.23 bits per heavy atom. The zero-order valence-corrected chi connectivity index (χ0v) is 7.61. The molecule has 0 aliphatic carbocycles. The third kappa shape index (κ3) is 1.13. The summed E-state index contributed by atoms with van der Waals surface area (Å²) in [5.74, 6) is 0. The standard InChI is InChI=1S/C10H10N2O/c1-7-3-4-10-8(5-7)9(6-13)11-12(10)2/h3-6H,1-2H3. The summed E-state index contributed by atoms with van der Waals surface area (Å²) in [7, 11) is 1.84. The number of aldehydes is 1. The van der Waals surface area contributed by atoms with Gasteiger partial charge in [-0.3, -0.25) is 9.48 Å². The normalized spacial score (nSPS) is 10.6. The van der Waals surface area contributed by atoms with Gasteiger partial charge in [0.25, 0.3) is 0 Å². The van der Waals surface area contributed by atoms with Gasteiger partial charge < -0.3 is 0 Å². The zero-order valence-electron chi connectivity index (χ0n) is 7.61. The van der Waals surface area contributed by atoms with E-state index in [-0.39, 0.29) is 0 Å². The van der Waals surface area contributed by atoms with Crippen LogP contribution in [0.25, 0.3) is 10.9 Å². The molecule has 0 N–H and O–H groups in total. The monoisotopic (exact) mass is 174 g/mol. The molecule has 1 aromatic carbocycles. The van der Waals surface area contributed by atoms with Gasteiger partial charge in [-0.2, -0.15) is 5.10 Å². The van der Waals surface area contributed by atoms with Crippen LogP contribution in [0.2, 0.25) is 0 Å². The Morgan fingerprint density at radius 1 is 1.46 bits per heavy atom. The molecule has 0 amide bonds. The van der Waals surface area contributed by atoms with Crippen LogP contribution in [-0.4, -0.2) is 16.1 Å². The molecule has 0 aliphatic heterocycles. The number of nitrogens with zero attached hydrogens (tertiary/aromatic N) is 2. The Labute approximate surface area is 76.0 Å². The van der Waals surface area contributed by atoms with Crippen LogP contribution < -0.4 is 0 Å². The number of carbonyl (C=O) groups excluding carboxylic acids is 1. The van der Waals surface area contributed by atoms with Crippen LogP contribution in [0.5, 0.6) is 0 Å². The third-order valence-electron chi connectivity index (χ3n) is 2.15. The fraction of sp³-hybridized carbons (Fsp3) is 0.200. The smallest absolute Gasteiger partial charge is 0.170 e. The maximum Gasteiger partial charge on any atom is 0.170 e. The number of aryl methyl sites for hydroxylation is 2. The van der Waals surface area contributed by atoms with E-state index in [1.807, 2.05) is 32.2 Å². The highest BCUT2D eigenvalue weighted by Gasteiger charge is 2.06. The van der Waals surface area contributed by atoms with Gasteiger partial charge in [-0.25, -0.2) is 0 Å². The molecule has 0 atom stereocenters. The van der Waals surface area contributed by atoms with Crippen molar-refractivity contribution >= 4 is 17.2 Å². The molecule has 0 saturated heterocycles. The summed E-state index contributed by atoms with van der Waals surface area (Å²) in [6.07, 6.45) is 0.793. The molecular formula is C10H10N2O. The van der Waals surface area contributed by atoms with E-state index in [1.165, 1.54) is 0 Å². The van der Waals surface area contributed by atoms with Crippen molar-refractivity contribution < 1.29 is 4.79 Å². The quantitative estimate of drug-likeness (QED) is 0.617. The number of fused-ring (bicyclic) bond motifs is 1. The average molecular weight is 174 g/mol. The largest absolute Gasteiger partial charge is 0.296 e. The van der Waals surface area contributed by atoms with E-state index in [1.54, 1.807) is 4.68 Å². The predicted octanol–water partition coefficient (Wildman–Crippen LogP) is 1.69. The Morgan fingerprint density at radius 3 is 2.92 bits per heavy atom. The Balaban J connectivity index is 2.89. The highest BCUT2D eigenvalue weighted by molar-refractivity contribution is 5.95. The van der Waals surface area contributed by atoms with E-state index in [9.17, 15) is 4.79 Å². The Bertz CT molecular complexity index is 471. The summed E-state index contributed by atoms with van der Waals surface area (Å²) in [6, 6.07) is 5.97. The number of benzene rings is 1. The number of rotatable bonds is 1. The molecule has 0 spiro atoms. The highest BCUT2D eigenvalue weighted by Crippen LogP contribution is 2.17. The van der Waals surface area contributed by atoms with Gasteiger partial charge in [0.05, 0.1) is 5.52 Å². The second-order valence-corrected chi connectivity index (χ2v) is 3.15. The minimum absolute atomic E-state index is 0.515. The molecule has 0 saturated carbocycles. The van der Waals surface area contributed by atoms with Crippen LogP contribution in [-0.2, 0) is 7.05 Å². The van der Waals surface area contributed by atoms with Gasteiger partial charge >= 0.3 is 0 Å². The van der Waals surface area contributed by atoms with Gasteiger partial charge in [-0.05, 0) is 19.1 Å². The lowest BCUT2D eigenvalue weighted by atomic mass is 10.1. The predicted molar refractivity (Wildman–Crippen MR) is 50.8 cm³/mol. The highest BCUT2D eigenvalue weighted by atomic mass is 16.1. The van der Waals surface area contributed by atoms with Crippen molar-refractivity contribution in [2.75, 3.05) is 0 Å². The summed E-state index contributed by atoms with van der Waals surface area (Å²) >= 11 is 0. The second-order valence-electron chi connectivity index (χ2n) is 3.15. The van der Waals surface area contributed by atoms with Gasteiger partial charge in [-0.15, -0.1) is 0 Å². The molecule has 66 valence electrons. The summed E-state index contributed by atoms with van der Waals surface area (Å²) in [5, 5.41) is 5.03. The van der Waals surface area contributed by atoms with Gasteiger partial charge in [0.2, 0.25) is 0 Å². The lowest BCUT2D eigenvalue weighted by Crippen LogP contribution is -1.90. The van der Waals surface area contributed by atoms with E-state index >= 15 is 0 Å². The molecule has 0 radical (unpaired) electrons. The van der Waals surface area contributed by atoms with Crippen LogP contribution in [0.4, 0.5) is 0 Å². The fourth-order valence-corrected chi connectivity index (χ4v) is 1.49. The number of hydrogen-bond acceptors (Lipinski definition) is 2. The van der Waals surface area contributed by atoms with Crippen molar-refractivity contribution in [3.8, 4) is 0 Å². The van der Waals surface area contributed by atoms with Gasteiger partial charge in [0.15, 0.2) is 6.29 Å². The molecular weight excluding hydrogens is 164 g/mol. The molecule has 0 aliphatic rings. The topological polar surface area (TPSA) is 34.9 Å². The zero-order chi connectivity index (χ0) is 9.42. The van der Waals surface area contributed by atoms with Crippen LogP contribution in [0.1, 0.15) is 16.1 Å². The molecule has 13 heavy (non-hydrogen) atoms. The summed E-state index contributed by atoms with van der Waals surface area (Å²) < 4.78 is 1.72. The summed E-state index contributed by atoms with van der Waals surface area (Å²) in [5.41, 5.74) is 2.65. The van der Waals surface area contributed by atoms with Crippen molar-refractivity contribution in [3.63, 3.8) is 0 Å². The third-order valence-corrected chi connectivity index (χ3v) is 2.15. The Hall–Kier alpha value is -1.64. The van der Waals surface area contributed by atoms with Gasteiger partial charge in [0.1, 0.15) is 5.69 Å². The lowest BCUT2D eigenvalue weighted by molar-refractivity contribution is 0.112. The maximum absolute atomic E-state index is 10.7. The van der Waals surface area contributed by atoms with Crippen molar-refractivity contribution in [2.24, 2.45) is 7.05 Å². The van der Waals surface area contributed by atoms with Crippen LogP contribution >= 0.6 is 0 Å². The first kappa shape index (κ1) is 7.98. The summed E-state index contributed by atoms with van der Waals surface area (Å²) in [6.45, 7) is 2.00. The van der Waals surface area contributed by atoms with Crippen molar-refractivity contribution in [2.45, 2.75) is 6.92 Å². The van der Waals surface area contributed by atoms with Crippen molar-refractivity contribution in [1.29, 1.82) is 0 Å². The molecule has 2 aromatic rings. The SMILES string of the molecule is Cc1ccc2c(c1)c(C=O)nn2C. The molecule has 1 heterocycles. The number of hydrogen-bond donors (Lipinski definition) is 0. The first-order valence-electron chi connectivity index (χ1n) is 4.11. The summed E-state index contributed by atoms with van der Waals surface area (Å²) in [4.78, 5) is 10.7. The first-order valence-corrected chi connectivity index (χ1v) is 4.11. The average Bonchev–Trinajstić information content (AvgIpc) is 2.42. The molecule has 3 heteroatoms. The molecule has 1 aromatic heterocycles. The lowest BCUT2D eigenvalue weighted by Gasteiger charge is -1.94. The van der Waals surface area contributed by atoms with Crippen molar-refractivity contribution in [1.82, 2.24) is 9.78 Å². The van der Waals surface area contributed by atoms with Crippen LogP contribution in [0.3, 0.4) is 0 Å². The van der Waals surface area contributed by atoms with E-state index in [0.29, 0.717) is 5.69 Å². The minimum atomic E-state index is 0.515. The molecule has 3 nitrogen and oxygen atoms in total. The van der Waals surface area contributed by atoms with E-state index in [2.05, 4.69) is 5.10 Å². The van der Waals surface area contributed by atoms with E-state index in [4.69, 9.17) is 0 Å². The van der Waals surface area contributed by atoms with E-state index in [0.717, 1.165) is 22.8 Å². The molecule has 0 unspecified atom stereocenters.